The molecule has 0 saturated carbocycles. The molecule has 0 N–H and O–H groups in total. The number of fused-ring (bicyclic) bond motifs is 4. The van der Waals surface area contributed by atoms with Crippen LogP contribution >= 0.6 is 11.3 Å². The van der Waals surface area contributed by atoms with Crippen molar-refractivity contribution < 1.29 is 0 Å². The summed E-state index contributed by atoms with van der Waals surface area (Å²) in [5.41, 5.74) is 15.3. The van der Waals surface area contributed by atoms with Gasteiger partial charge in [-0.15, -0.1) is 11.3 Å². The Morgan fingerprint density at radius 3 is 1.58 bits per heavy atom. The molecule has 0 spiro atoms. The quantitative estimate of drug-likeness (QED) is 0.148. The van der Waals surface area contributed by atoms with Crippen LogP contribution < -0.4 is 4.90 Å². The number of hydrogen-bond acceptors (Lipinski definition) is 2. The Hall–Kier alpha value is -7.52. The average Bonchev–Trinajstić information content (AvgIpc) is 3.71. The van der Waals surface area contributed by atoms with Crippen molar-refractivity contribution >= 4 is 59.3 Å². The van der Waals surface area contributed by atoms with Crippen LogP contribution in [0.15, 0.2) is 237 Å². The number of nitrogens with zero attached hydrogens (tertiary/aromatic N) is 1. The Labute approximate surface area is 354 Å². The van der Waals surface area contributed by atoms with Gasteiger partial charge >= 0.3 is 0 Å². The van der Waals surface area contributed by atoms with Crippen molar-refractivity contribution in [2.24, 2.45) is 0 Å². The fourth-order valence-corrected chi connectivity index (χ4v) is 10.1. The molecule has 0 aliphatic heterocycles. The first kappa shape index (κ1) is 35.6. The van der Waals surface area contributed by atoms with Gasteiger partial charge in [0.1, 0.15) is 0 Å². The Bertz CT molecular complexity index is 3300. The van der Waals surface area contributed by atoms with E-state index in [1.54, 1.807) is 0 Å². The fraction of sp³-hybridized carbons (Fsp3) is 0. The molecule has 1 nitrogen and oxygen atoms in total. The topological polar surface area (TPSA) is 3.24 Å². The molecule has 0 atom stereocenters. The van der Waals surface area contributed by atoms with Gasteiger partial charge < -0.3 is 4.90 Å². The normalized spacial score (nSPS) is 11.3. The van der Waals surface area contributed by atoms with E-state index in [1.807, 2.05) is 11.3 Å². The van der Waals surface area contributed by atoms with Crippen molar-refractivity contribution in [2.45, 2.75) is 0 Å². The molecule has 0 aliphatic carbocycles. The number of rotatable bonds is 8. The van der Waals surface area contributed by atoms with Crippen molar-refractivity contribution in [1.29, 1.82) is 0 Å². The molecule has 0 unspecified atom stereocenters. The van der Waals surface area contributed by atoms with Crippen LogP contribution in [-0.4, -0.2) is 0 Å². The molecule has 0 bridgehead atoms. The zero-order valence-electron chi connectivity index (χ0n) is 32.9. The van der Waals surface area contributed by atoms with Crippen molar-refractivity contribution in [3.05, 3.63) is 237 Å². The second kappa shape index (κ2) is 15.3. The summed E-state index contributed by atoms with van der Waals surface area (Å²) in [4.78, 5) is 2.48. The number of para-hydroxylation sites is 2. The van der Waals surface area contributed by atoms with E-state index in [0.717, 1.165) is 33.8 Å². The van der Waals surface area contributed by atoms with Gasteiger partial charge in [0.2, 0.25) is 0 Å². The first-order valence-electron chi connectivity index (χ1n) is 20.5. The zero-order valence-corrected chi connectivity index (χ0v) is 33.7. The lowest BCUT2D eigenvalue weighted by Gasteiger charge is -2.30. The molecular weight excluding hydrogens is 743 g/mol. The molecule has 0 fully saturated rings. The summed E-state index contributed by atoms with van der Waals surface area (Å²) >= 11 is 1.88. The highest BCUT2D eigenvalue weighted by Gasteiger charge is 2.23. The van der Waals surface area contributed by atoms with Crippen LogP contribution in [0.4, 0.5) is 17.1 Å². The third kappa shape index (κ3) is 6.35. The molecule has 60 heavy (non-hydrogen) atoms. The molecule has 282 valence electrons. The third-order valence-electron chi connectivity index (χ3n) is 11.7. The lowest BCUT2D eigenvalue weighted by molar-refractivity contribution is 1.28. The predicted molar refractivity (Wildman–Crippen MR) is 259 cm³/mol. The SMILES string of the molecule is c1ccc(-c2ccc(-c3ccccc3N(c3cccc(-c4cccc5c4sc4ccccc45)c3)c3ccccc3-c3cccc4cccc(-c5ccccc5)c34)cc2)cc1. The van der Waals surface area contributed by atoms with Crippen molar-refractivity contribution in [2.75, 3.05) is 4.90 Å². The van der Waals surface area contributed by atoms with Crippen LogP contribution in [0.5, 0.6) is 0 Å². The standard InChI is InChI=1S/C58H39NS/c1-3-17-40(18-4-1)41-35-37-43(38-36-41)47-25-7-10-32-54(47)59(46-24-13-23-45(39-46)49-29-16-31-53-51-27-9-12-34-56(51)60-58(49)53)55-33-11-8-26-50(55)52-30-15-22-44-21-14-28-48(57(44)52)42-19-5-2-6-20-42/h1-39H. The van der Waals surface area contributed by atoms with Crippen LogP contribution in [0, 0.1) is 0 Å². The van der Waals surface area contributed by atoms with Gasteiger partial charge in [-0.05, 0) is 85.6 Å². The lowest BCUT2D eigenvalue weighted by atomic mass is 9.90. The van der Waals surface area contributed by atoms with Gasteiger partial charge in [-0.2, -0.15) is 0 Å². The number of hydrogen-bond donors (Lipinski definition) is 0. The van der Waals surface area contributed by atoms with Crippen molar-refractivity contribution in [3.8, 4) is 55.6 Å². The summed E-state index contributed by atoms with van der Waals surface area (Å²) < 4.78 is 2.62. The van der Waals surface area contributed by atoms with Crippen LogP contribution in [0.25, 0.3) is 86.6 Å². The Kier molecular flexibility index (Phi) is 9.11. The molecule has 0 radical (unpaired) electrons. The van der Waals surface area contributed by atoms with Gasteiger partial charge in [-0.3, -0.25) is 0 Å². The molecule has 2 heteroatoms. The molecule has 11 rings (SSSR count). The summed E-state index contributed by atoms with van der Waals surface area (Å²) in [5, 5.41) is 5.07. The predicted octanol–water partition coefficient (Wildman–Crippen LogP) is 17.0. The molecular formula is C58H39NS. The van der Waals surface area contributed by atoms with E-state index in [9.17, 15) is 0 Å². The summed E-state index contributed by atoms with van der Waals surface area (Å²) in [7, 11) is 0. The molecule has 1 heterocycles. The second-order valence-corrected chi connectivity index (χ2v) is 16.3. The zero-order chi connectivity index (χ0) is 39.8. The average molecular weight is 782 g/mol. The minimum absolute atomic E-state index is 1.09. The summed E-state index contributed by atoms with van der Waals surface area (Å²) in [5.74, 6) is 0. The van der Waals surface area contributed by atoms with E-state index in [1.165, 1.54) is 69.9 Å². The van der Waals surface area contributed by atoms with Crippen molar-refractivity contribution in [3.63, 3.8) is 0 Å². The second-order valence-electron chi connectivity index (χ2n) is 15.2. The smallest absolute Gasteiger partial charge is 0.0540 e. The summed E-state index contributed by atoms with van der Waals surface area (Å²) in [6, 6.07) is 86.2. The first-order chi connectivity index (χ1) is 29.8. The largest absolute Gasteiger partial charge is 0.309 e. The van der Waals surface area contributed by atoms with E-state index in [-0.39, 0.29) is 0 Å². The van der Waals surface area contributed by atoms with Gasteiger partial charge in [0.25, 0.3) is 0 Å². The van der Waals surface area contributed by atoms with Gasteiger partial charge in [0.15, 0.2) is 0 Å². The maximum absolute atomic E-state index is 2.48. The highest BCUT2D eigenvalue weighted by molar-refractivity contribution is 7.26. The van der Waals surface area contributed by atoms with E-state index in [2.05, 4.69) is 241 Å². The minimum atomic E-state index is 1.09. The third-order valence-corrected chi connectivity index (χ3v) is 12.9. The number of anilines is 3. The van der Waals surface area contributed by atoms with Gasteiger partial charge in [0.05, 0.1) is 11.4 Å². The highest BCUT2D eigenvalue weighted by atomic mass is 32.1. The van der Waals surface area contributed by atoms with Crippen LogP contribution in [0.3, 0.4) is 0 Å². The molecule has 1 aromatic heterocycles. The maximum Gasteiger partial charge on any atom is 0.0540 e. The van der Waals surface area contributed by atoms with E-state index in [4.69, 9.17) is 0 Å². The summed E-state index contributed by atoms with van der Waals surface area (Å²) in [6.07, 6.45) is 0. The maximum atomic E-state index is 2.48. The van der Waals surface area contributed by atoms with Gasteiger partial charge in [-0.1, -0.05) is 206 Å². The van der Waals surface area contributed by atoms with Gasteiger partial charge in [0, 0.05) is 37.0 Å². The highest BCUT2D eigenvalue weighted by Crippen LogP contribution is 2.48. The van der Waals surface area contributed by atoms with Crippen LogP contribution in [-0.2, 0) is 0 Å². The molecule has 0 aliphatic rings. The Morgan fingerprint density at radius 2 is 0.800 bits per heavy atom. The van der Waals surface area contributed by atoms with Crippen LogP contribution in [0.2, 0.25) is 0 Å². The van der Waals surface area contributed by atoms with Gasteiger partial charge in [-0.25, -0.2) is 0 Å². The monoisotopic (exact) mass is 781 g/mol. The molecule has 11 aromatic rings. The number of thiophene rings is 1. The van der Waals surface area contributed by atoms with E-state index >= 15 is 0 Å². The first-order valence-corrected chi connectivity index (χ1v) is 21.3. The van der Waals surface area contributed by atoms with Crippen molar-refractivity contribution in [1.82, 2.24) is 0 Å². The summed E-state index contributed by atoms with van der Waals surface area (Å²) in [6.45, 7) is 0. The molecule has 0 saturated heterocycles. The fourth-order valence-electron chi connectivity index (χ4n) is 8.90. The Balaban J connectivity index is 1.14. The van der Waals surface area contributed by atoms with E-state index < -0.39 is 0 Å². The lowest BCUT2D eigenvalue weighted by Crippen LogP contribution is -2.12. The molecule has 0 amide bonds. The minimum Gasteiger partial charge on any atom is -0.309 e. The van der Waals surface area contributed by atoms with E-state index in [0.29, 0.717) is 0 Å². The molecule has 10 aromatic carbocycles. The number of benzene rings is 10. The Morgan fingerprint density at radius 1 is 0.300 bits per heavy atom. The van der Waals surface area contributed by atoms with Crippen LogP contribution in [0.1, 0.15) is 0 Å².